The van der Waals surface area contributed by atoms with Gasteiger partial charge in [-0.2, -0.15) is 0 Å². The Morgan fingerprint density at radius 1 is 1.33 bits per heavy atom. The predicted octanol–water partition coefficient (Wildman–Crippen LogP) is 3.65. The molecule has 0 unspecified atom stereocenters. The van der Waals surface area contributed by atoms with Crippen LogP contribution in [-0.2, 0) is 6.54 Å². The molecular formula is C15H24BrNO. The summed E-state index contributed by atoms with van der Waals surface area (Å²) < 4.78 is 1.17. The van der Waals surface area contributed by atoms with E-state index in [9.17, 15) is 0 Å². The molecule has 1 aromatic carbocycles. The number of hydrogen-bond acceptors (Lipinski definition) is 2. The minimum atomic E-state index is 0.236. The molecule has 1 rings (SSSR count). The molecule has 0 aliphatic rings. The van der Waals surface area contributed by atoms with Gasteiger partial charge in [0.25, 0.3) is 0 Å². The van der Waals surface area contributed by atoms with Crippen LogP contribution in [0.3, 0.4) is 0 Å². The Hall–Kier alpha value is -0.380. The molecule has 102 valence electrons. The second-order valence-electron chi connectivity index (χ2n) is 5.69. The lowest BCUT2D eigenvalue weighted by atomic mass is 9.88. The monoisotopic (exact) mass is 313 g/mol. The smallest absolute Gasteiger partial charge is 0.0431 e. The first-order valence-corrected chi connectivity index (χ1v) is 7.30. The van der Waals surface area contributed by atoms with Gasteiger partial charge >= 0.3 is 0 Å². The molecule has 3 heteroatoms. The zero-order valence-corrected chi connectivity index (χ0v) is 13.2. The van der Waals surface area contributed by atoms with Crippen molar-refractivity contribution in [1.29, 1.82) is 0 Å². The van der Waals surface area contributed by atoms with Gasteiger partial charge in [0.1, 0.15) is 0 Å². The third-order valence-electron chi connectivity index (χ3n) is 3.14. The van der Waals surface area contributed by atoms with Gasteiger partial charge in [-0.1, -0.05) is 41.9 Å². The summed E-state index contributed by atoms with van der Waals surface area (Å²) in [5.74, 6) is 0. The van der Waals surface area contributed by atoms with Crippen LogP contribution < -0.4 is 5.32 Å². The van der Waals surface area contributed by atoms with Crippen LogP contribution >= 0.6 is 15.9 Å². The van der Waals surface area contributed by atoms with Crippen molar-refractivity contribution in [1.82, 2.24) is 5.32 Å². The van der Waals surface area contributed by atoms with Crippen LogP contribution in [0.15, 0.2) is 22.7 Å². The topological polar surface area (TPSA) is 32.3 Å². The van der Waals surface area contributed by atoms with E-state index in [0.29, 0.717) is 0 Å². The Bertz CT molecular complexity index is 377. The van der Waals surface area contributed by atoms with Gasteiger partial charge < -0.3 is 10.4 Å². The summed E-state index contributed by atoms with van der Waals surface area (Å²) in [5, 5.41) is 12.4. The van der Waals surface area contributed by atoms with Gasteiger partial charge in [0.2, 0.25) is 0 Å². The molecule has 1 aromatic rings. The molecule has 0 fully saturated rings. The zero-order valence-electron chi connectivity index (χ0n) is 11.6. The summed E-state index contributed by atoms with van der Waals surface area (Å²) in [4.78, 5) is 0. The van der Waals surface area contributed by atoms with E-state index in [1.807, 2.05) is 0 Å². The molecule has 0 atom stereocenters. The number of halogens is 1. The van der Waals surface area contributed by atoms with E-state index in [4.69, 9.17) is 5.11 Å². The van der Waals surface area contributed by atoms with E-state index in [1.54, 1.807) is 0 Å². The molecule has 0 saturated carbocycles. The molecule has 0 bridgehead atoms. The first-order valence-electron chi connectivity index (χ1n) is 6.51. The van der Waals surface area contributed by atoms with Crippen LogP contribution in [0.5, 0.6) is 0 Å². The molecule has 0 aromatic heterocycles. The van der Waals surface area contributed by atoms with Crippen LogP contribution in [0.1, 0.15) is 37.8 Å². The van der Waals surface area contributed by atoms with Gasteiger partial charge in [0.15, 0.2) is 0 Å². The minimum absolute atomic E-state index is 0.236. The fourth-order valence-corrected chi connectivity index (χ4v) is 2.61. The maximum Gasteiger partial charge on any atom is 0.0431 e. The summed E-state index contributed by atoms with van der Waals surface area (Å²) in [5.41, 5.74) is 2.80. The molecule has 0 aliphatic carbocycles. The average molecular weight is 314 g/mol. The normalized spacial score (nSPS) is 11.8. The van der Waals surface area contributed by atoms with Gasteiger partial charge in [0.05, 0.1) is 0 Å². The number of aryl methyl sites for hydroxylation is 1. The third-order valence-corrected chi connectivity index (χ3v) is 3.88. The summed E-state index contributed by atoms with van der Waals surface area (Å²) >= 11 is 3.60. The predicted molar refractivity (Wildman–Crippen MR) is 80.7 cm³/mol. The molecule has 2 nitrogen and oxygen atoms in total. The van der Waals surface area contributed by atoms with Gasteiger partial charge in [-0.15, -0.1) is 0 Å². The number of aliphatic hydroxyl groups is 1. The van der Waals surface area contributed by atoms with Gasteiger partial charge in [0, 0.05) is 24.2 Å². The molecule has 0 heterocycles. The first-order chi connectivity index (χ1) is 8.44. The van der Waals surface area contributed by atoms with Crippen molar-refractivity contribution < 1.29 is 5.11 Å². The number of benzene rings is 1. The lowest BCUT2D eigenvalue weighted by Gasteiger charge is -2.25. The maximum absolute atomic E-state index is 8.87. The van der Waals surface area contributed by atoms with Crippen LogP contribution in [0, 0.1) is 12.3 Å². The van der Waals surface area contributed by atoms with E-state index >= 15 is 0 Å². The third kappa shape index (κ3) is 5.51. The van der Waals surface area contributed by atoms with E-state index in [0.717, 1.165) is 25.9 Å². The number of hydrogen-bond donors (Lipinski definition) is 2. The molecular weight excluding hydrogens is 290 g/mol. The van der Waals surface area contributed by atoms with Crippen molar-refractivity contribution in [3.63, 3.8) is 0 Å². The van der Waals surface area contributed by atoms with Crippen molar-refractivity contribution in [3.8, 4) is 0 Å². The van der Waals surface area contributed by atoms with E-state index in [1.165, 1.54) is 15.6 Å². The number of rotatable bonds is 7. The molecule has 0 amide bonds. The van der Waals surface area contributed by atoms with Crippen LogP contribution in [-0.4, -0.2) is 18.3 Å². The Morgan fingerprint density at radius 3 is 2.67 bits per heavy atom. The fourth-order valence-electron chi connectivity index (χ4n) is 1.98. The molecule has 0 radical (unpaired) electrons. The molecule has 0 aliphatic heterocycles. The summed E-state index contributed by atoms with van der Waals surface area (Å²) in [6.07, 6.45) is 1.93. The average Bonchev–Trinajstić information content (AvgIpc) is 2.29. The van der Waals surface area contributed by atoms with Gasteiger partial charge in [-0.3, -0.25) is 0 Å². The maximum atomic E-state index is 8.87. The summed E-state index contributed by atoms with van der Waals surface area (Å²) in [7, 11) is 0. The van der Waals surface area contributed by atoms with E-state index in [2.05, 4.69) is 60.2 Å². The van der Waals surface area contributed by atoms with E-state index in [-0.39, 0.29) is 12.0 Å². The molecule has 0 spiro atoms. The standard InChI is InChI=1S/C15H24BrNO/c1-12-5-6-13(14(16)9-12)10-17-11-15(2,3)7-4-8-18/h5-6,9,17-18H,4,7-8,10-11H2,1-3H3. The Balaban J connectivity index is 2.41. The number of nitrogens with one attached hydrogen (secondary N) is 1. The fraction of sp³-hybridized carbons (Fsp3) is 0.600. The molecule has 2 N–H and O–H groups in total. The molecule has 0 saturated heterocycles. The highest BCUT2D eigenvalue weighted by atomic mass is 79.9. The largest absolute Gasteiger partial charge is 0.396 e. The Labute approximate surface area is 119 Å². The second-order valence-corrected chi connectivity index (χ2v) is 6.54. The lowest BCUT2D eigenvalue weighted by molar-refractivity contribution is 0.236. The Kier molecular flexibility index (Phi) is 6.33. The minimum Gasteiger partial charge on any atom is -0.396 e. The Morgan fingerprint density at radius 2 is 2.06 bits per heavy atom. The summed E-state index contributed by atoms with van der Waals surface area (Å²) in [6.45, 7) is 8.70. The van der Waals surface area contributed by atoms with Crippen LogP contribution in [0.4, 0.5) is 0 Å². The van der Waals surface area contributed by atoms with Crippen molar-refractivity contribution in [2.24, 2.45) is 5.41 Å². The van der Waals surface area contributed by atoms with E-state index < -0.39 is 0 Å². The molecule has 18 heavy (non-hydrogen) atoms. The summed E-state index contributed by atoms with van der Waals surface area (Å²) in [6, 6.07) is 6.44. The first kappa shape index (κ1) is 15.7. The SMILES string of the molecule is Cc1ccc(CNCC(C)(C)CCCO)c(Br)c1. The van der Waals surface area contributed by atoms with Gasteiger partial charge in [-0.25, -0.2) is 0 Å². The highest BCUT2D eigenvalue weighted by Gasteiger charge is 2.16. The van der Waals surface area contributed by atoms with Crippen molar-refractivity contribution in [2.75, 3.05) is 13.2 Å². The second kappa shape index (κ2) is 7.27. The van der Waals surface area contributed by atoms with Crippen molar-refractivity contribution in [2.45, 2.75) is 40.2 Å². The zero-order chi connectivity index (χ0) is 13.6. The number of aliphatic hydroxyl groups excluding tert-OH is 1. The lowest BCUT2D eigenvalue weighted by Crippen LogP contribution is -2.29. The van der Waals surface area contributed by atoms with Crippen molar-refractivity contribution in [3.05, 3.63) is 33.8 Å². The van der Waals surface area contributed by atoms with Crippen LogP contribution in [0.25, 0.3) is 0 Å². The highest BCUT2D eigenvalue weighted by molar-refractivity contribution is 9.10. The van der Waals surface area contributed by atoms with Crippen molar-refractivity contribution >= 4 is 15.9 Å². The van der Waals surface area contributed by atoms with Gasteiger partial charge in [-0.05, 0) is 42.4 Å². The van der Waals surface area contributed by atoms with Crippen LogP contribution in [0.2, 0.25) is 0 Å². The highest BCUT2D eigenvalue weighted by Crippen LogP contribution is 2.22. The quantitative estimate of drug-likeness (QED) is 0.805.